The van der Waals surface area contributed by atoms with Crippen LogP contribution in [0.25, 0.3) is 0 Å². The molecule has 1 fully saturated rings. The lowest BCUT2D eigenvalue weighted by molar-refractivity contribution is -0.0124. The van der Waals surface area contributed by atoms with Gasteiger partial charge in [-0.25, -0.2) is 0 Å². The summed E-state index contributed by atoms with van der Waals surface area (Å²) in [6.07, 6.45) is 0.0489. The molecule has 26 heavy (non-hydrogen) atoms. The van der Waals surface area contributed by atoms with Crippen LogP contribution in [0.1, 0.15) is 22.8 Å². The number of ether oxygens (including phenoxy) is 3. The molecular weight excluding hydrogens is 354 g/mol. The Balaban J connectivity index is 1.73. The summed E-state index contributed by atoms with van der Waals surface area (Å²) in [6.45, 7) is 4.03. The fourth-order valence-electron chi connectivity index (χ4n) is 2.88. The topological polar surface area (TPSA) is 48.0 Å². The van der Waals surface area contributed by atoms with Crippen molar-refractivity contribution in [3.8, 4) is 11.5 Å². The predicted molar refractivity (Wildman–Crippen MR) is 100 cm³/mol. The second-order valence-corrected chi connectivity index (χ2v) is 6.59. The summed E-state index contributed by atoms with van der Waals surface area (Å²) >= 11 is 6.16. The van der Waals surface area contributed by atoms with Gasteiger partial charge in [0.15, 0.2) is 11.5 Å². The van der Waals surface area contributed by atoms with Crippen molar-refractivity contribution >= 4 is 17.5 Å². The van der Waals surface area contributed by atoms with Crippen LogP contribution in [-0.4, -0.2) is 43.7 Å². The Morgan fingerprint density at radius 1 is 1.27 bits per heavy atom. The molecule has 2 aromatic rings. The Kier molecular flexibility index (Phi) is 6.01. The number of methoxy groups -OCH3 is 1. The largest absolute Gasteiger partial charge is 0.493 e. The maximum absolute atomic E-state index is 12.7. The van der Waals surface area contributed by atoms with Gasteiger partial charge in [-0.2, -0.15) is 0 Å². The van der Waals surface area contributed by atoms with Crippen LogP contribution in [0.2, 0.25) is 5.02 Å². The first kappa shape index (κ1) is 18.5. The van der Waals surface area contributed by atoms with Gasteiger partial charge in [0.1, 0.15) is 6.61 Å². The standard InChI is InChI=1S/C20H22ClNO4/c1-14-12-22(9-10-25-14)20(23)15-7-8-18(19(11-15)24-2)26-13-16-5-3-4-6-17(16)21/h3-8,11,14H,9-10,12-13H2,1-2H3/t14-/m1/s1. The fourth-order valence-corrected chi connectivity index (χ4v) is 3.07. The summed E-state index contributed by atoms with van der Waals surface area (Å²) in [5.41, 5.74) is 1.46. The molecule has 1 heterocycles. The van der Waals surface area contributed by atoms with Crippen molar-refractivity contribution in [2.24, 2.45) is 0 Å². The number of benzene rings is 2. The Morgan fingerprint density at radius 2 is 2.08 bits per heavy atom. The van der Waals surface area contributed by atoms with Gasteiger partial charge in [-0.15, -0.1) is 0 Å². The lowest BCUT2D eigenvalue weighted by Crippen LogP contribution is -2.44. The van der Waals surface area contributed by atoms with E-state index in [4.69, 9.17) is 25.8 Å². The van der Waals surface area contributed by atoms with Gasteiger partial charge >= 0.3 is 0 Å². The van der Waals surface area contributed by atoms with Crippen molar-refractivity contribution in [1.29, 1.82) is 0 Å². The number of nitrogens with zero attached hydrogens (tertiary/aromatic N) is 1. The molecule has 0 aliphatic carbocycles. The molecule has 0 spiro atoms. The quantitative estimate of drug-likeness (QED) is 0.797. The molecule has 0 unspecified atom stereocenters. The smallest absolute Gasteiger partial charge is 0.254 e. The van der Waals surface area contributed by atoms with Crippen LogP contribution in [0, 0.1) is 0 Å². The summed E-state index contributed by atoms with van der Waals surface area (Å²) in [7, 11) is 1.56. The van der Waals surface area contributed by atoms with Crippen molar-refractivity contribution in [3.63, 3.8) is 0 Å². The van der Waals surface area contributed by atoms with Crippen molar-refractivity contribution in [2.45, 2.75) is 19.6 Å². The van der Waals surface area contributed by atoms with Crippen molar-refractivity contribution in [3.05, 3.63) is 58.6 Å². The Bertz CT molecular complexity index is 780. The zero-order chi connectivity index (χ0) is 18.5. The Labute approximate surface area is 158 Å². The molecule has 1 aliphatic rings. The highest BCUT2D eigenvalue weighted by Gasteiger charge is 2.23. The van der Waals surface area contributed by atoms with Gasteiger partial charge in [0.25, 0.3) is 5.91 Å². The van der Waals surface area contributed by atoms with Crippen LogP contribution in [0.15, 0.2) is 42.5 Å². The maximum atomic E-state index is 12.7. The van der Waals surface area contributed by atoms with E-state index in [1.54, 1.807) is 30.2 Å². The molecule has 1 atom stereocenters. The first-order valence-corrected chi connectivity index (χ1v) is 8.91. The van der Waals surface area contributed by atoms with Gasteiger partial charge in [-0.1, -0.05) is 29.8 Å². The number of hydrogen-bond acceptors (Lipinski definition) is 4. The predicted octanol–water partition coefficient (Wildman–Crippen LogP) is 3.79. The number of halogens is 1. The van der Waals surface area contributed by atoms with E-state index in [2.05, 4.69) is 0 Å². The first-order chi connectivity index (χ1) is 12.6. The monoisotopic (exact) mass is 375 g/mol. The maximum Gasteiger partial charge on any atom is 0.254 e. The van der Waals surface area contributed by atoms with E-state index in [0.717, 1.165) is 5.56 Å². The van der Waals surface area contributed by atoms with E-state index in [0.29, 0.717) is 48.4 Å². The summed E-state index contributed by atoms with van der Waals surface area (Å²) < 4.78 is 16.7. The van der Waals surface area contributed by atoms with Gasteiger partial charge in [-0.05, 0) is 31.2 Å². The highest BCUT2D eigenvalue weighted by Crippen LogP contribution is 2.30. The zero-order valence-corrected chi connectivity index (χ0v) is 15.7. The molecule has 0 saturated carbocycles. The van der Waals surface area contributed by atoms with E-state index in [1.807, 2.05) is 31.2 Å². The van der Waals surface area contributed by atoms with Crippen molar-refractivity contribution in [1.82, 2.24) is 4.90 Å². The normalized spacial score (nSPS) is 17.0. The highest BCUT2D eigenvalue weighted by molar-refractivity contribution is 6.31. The van der Waals surface area contributed by atoms with Crippen LogP contribution in [-0.2, 0) is 11.3 Å². The second-order valence-electron chi connectivity index (χ2n) is 6.18. The molecule has 0 bridgehead atoms. The minimum Gasteiger partial charge on any atom is -0.493 e. The highest BCUT2D eigenvalue weighted by atomic mass is 35.5. The minimum absolute atomic E-state index is 0.0314. The van der Waals surface area contributed by atoms with E-state index in [-0.39, 0.29) is 12.0 Å². The van der Waals surface area contributed by atoms with Crippen LogP contribution >= 0.6 is 11.6 Å². The zero-order valence-electron chi connectivity index (χ0n) is 14.9. The molecule has 0 radical (unpaired) electrons. The number of amides is 1. The average molecular weight is 376 g/mol. The summed E-state index contributed by atoms with van der Waals surface area (Å²) in [5.74, 6) is 1.06. The molecule has 1 amide bonds. The van der Waals surface area contributed by atoms with Gasteiger partial charge in [0.05, 0.1) is 19.8 Å². The van der Waals surface area contributed by atoms with Crippen LogP contribution < -0.4 is 9.47 Å². The van der Waals surface area contributed by atoms with Crippen LogP contribution in [0.4, 0.5) is 0 Å². The Hall–Kier alpha value is -2.24. The number of carbonyl (C=O) groups excluding carboxylic acids is 1. The lowest BCUT2D eigenvalue weighted by atomic mass is 10.1. The van der Waals surface area contributed by atoms with Gasteiger partial charge in [0.2, 0.25) is 0 Å². The molecule has 0 aromatic heterocycles. The molecule has 3 rings (SSSR count). The first-order valence-electron chi connectivity index (χ1n) is 8.53. The molecule has 6 heteroatoms. The van der Waals surface area contributed by atoms with Crippen LogP contribution in [0.3, 0.4) is 0 Å². The van der Waals surface area contributed by atoms with Gasteiger partial charge in [0, 0.05) is 29.2 Å². The summed E-state index contributed by atoms with van der Waals surface area (Å²) in [6, 6.07) is 12.7. The van der Waals surface area contributed by atoms with E-state index in [9.17, 15) is 4.79 Å². The molecule has 1 saturated heterocycles. The number of carbonyl (C=O) groups is 1. The third kappa shape index (κ3) is 4.29. The minimum atomic E-state index is -0.0314. The summed E-state index contributed by atoms with van der Waals surface area (Å²) in [4.78, 5) is 14.5. The van der Waals surface area contributed by atoms with E-state index in [1.165, 1.54) is 0 Å². The molecule has 1 aliphatic heterocycles. The molecular formula is C20H22ClNO4. The van der Waals surface area contributed by atoms with E-state index >= 15 is 0 Å². The van der Waals surface area contributed by atoms with Gasteiger partial charge in [-0.3, -0.25) is 4.79 Å². The number of hydrogen-bond donors (Lipinski definition) is 0. The SMILES string of the molecule is COc1cc(C(=O)N2CCO[C@H](C)C2)ccc1OCc1ccccc1Cl. The average Bonchev–Trinajstić information content (AvgIpc) is 2.66. The lowest BCUT2D eigenvalue weighted by Gasteiger charge is -2.31. The van der Waals surface area contributed by atoms with Crippen LogP contribution in [0.5, 0.6) is 11.5 Å². The third-order valence-corrected chi connectivity index (χ3v) is 4.65. The second kappa shape index (κ2) is 8.43. The molecule has 138 valence electrons. The molecule has 5 nitrogen and oxygen atoms in total. The molecule has 0 N–H and O–H groups in total. The third-order valence-electron chi connectivity index (χ3n) is 4.28. The van der Waals surface area contributed by atoms with Crippen molar-refractivity contribution < 1.29 is 19.0 Å². The number of rotatable bonds is 5. The van der Waals surface area contributed by atoms with E-state index < -0.39 is 0 Å². The van der Waals surface area contributed by atoms with Gasteiger partial charge < -0.3 is 19.1 Å². The Morgan fingerprint density at radius 3 is 2.81 bits per heavy atom. The summed E-state index contributed by atoms with van der Waals surface area (Å²) in [5, 5.41) is 0.653. The number of morpholine rings is 1. The van der Waals surface area contributed by atoms with Crippen molar-refractivity contribution in [2.75, 3.05) is 26.8 Å². The fraction of sp³-hybridized carbons (Fsp3) is 0.350. The molecule has 2 aromatic carbocycles.